The van der Waals surface area contributed by atoms with Crippen LogP contribution in [-0.4, -0.2) is 19.5 Å². The molecule has 0 spiro atoms. The SMILES string of the molecule is c1ccc(-n2c3ccccc3c3cc(-c4ccc5oc6cccc(-c7ccc8oc9cccc(-c%10nc(-c%11ccc%12c(c%11)oc%11ccccc%11%12)nc(-c%11cccc%12sc%13ccccc%13c%11%12)n%10)c9c8c7)c6c5c4)ccc32)cc1. The average molecular weight is 1000 g/mol. The highest BCUT2D eigenvalue weighted by atomic mass is 32.1. The van der Waals surface area contributed by atoms with E-state index in [0.29, 0.717) is 17.5 Å². The van der Waals surface area contributed by atoms with Crippen molar-refractivity contribution in [1.29, 1.82) is 0 Å². The fourth-order valence-electron chi connectivity index (χ4n) is 12.0. The van der Waals surface area contributed by atoms with Crippen molar-refractivity contribution in [2.24, 2.45) is 0 Å². The van der Waals surface area contributed by atoms with Gasteiger partial charge in [0.25, 0.3) is 0 Å². The van der Waals surface area contributed by atoms with E-state index < -0.39 is 0 Å². The molecule has 6 heterocycles. The average Bonchev–Trinajstić information content (AvgIpc) is 4.33. The van der Waals surface area contributed by atoms with Crippen LogP contribution >= 0.6 is 11.3 Å². The van der Waals surface area contributed by atoms with E-state index in [1.807, 2.05) is 36.4 Å². The maximum Gasteiger partial charge on any atom is 0.164 e. The fourth-order valence-corrected chi connectivity index (χ4v) is 13.1. The van der Waals surface area contributed by atoms with Gasteiger partial charge in [-0.25, -0.2) is 15.0 Å². The predicted molar refractivity (Wildman–Crippen MR) is 316 cm³/mol. The van der Waals surface area contributed by atoms with Crippen LogP contribution in [0, 0.1) is 0 Å². The van der Waals surface area contributed by atoms with Gasteiger partial charge in [-0.3, -0.25) is 0 Å². The number of benzene rings is 11. The van der Waals surface area contributed by atoms with Crippen LogP contribution in [0.25, 0.3) is 170 Å². The summed E-state index contributed by atoms with van der Waals surface area (Å²) in [6.07, 6.45) is 0. The first-order chi connectivity index (χ1) is 38.1. The lowest BCUT2D eigenvalue weighted by atomic mass is 9.95. The number of hydrogen-bond donors (Lipinski definition) is 0. The molecule has 0 aliphatic rings. The number of furan rings is 3. The van der Waals surface area contributed by atoms with E-state index in [1.165, 1.54) is 36.6 Å². The Labute approximate surface area is 442 Å². The summed E-state index contributed by atoms with van der Waals surface area (Å²) >= 11 is 1.78. The molecule has 77 heavy (non-hydrogen) atoms. The monoisotopic (exact) mass is 1000 g/mol. The van der Waals surface area contributed by atoms with E-state index in [9.17, 15) is 0 Å². The van der Waals surface area contributed by atoms with Crippen molar-refractivity contribution in [3.63, 3.8) is 0 Å². The van der Waals surface area contributed by atoms with Gasteiger partial charge in [0.1, 0.15) is 33.5 Å². The highest BCUT2D eigenvalue weighted by molar-refractivity contribution is 7.25. The van der Waals surface area contributed by atoms with Crippen molar-refractivity contribution in [2.75, 3.05) is 0 Å². The van der Waals surface area contributed by atoms with Gasteiger partial charge in [-0.2, -0.15) is 0 Å². The lowest BCUT2D eigenvalue weighted by molar-refractivity contribution is 0.668. The molecule has 0 bridgehead atoms. The highest BCUT2D eigenvalue weighted by Crippen LogP contribution is 2.45. The first-order valence-corrected chi connectivity index (χ1v) is 26.5. The van der Waals surface area contributed by atoms with E-state index >= 15 is 0 Å². The van der Waals surface area contributed by atoms with Crippen LogP contribution in [0.2, 0.25) is 0 Å². The molecule has 358 valence electrons. The molecule has 0 N–H and O–H groups in total. The molecule has 0 fully saturated rings. The third-order valence-electron chi connectivity index (χ3n) is 15.5. The second-order valence-electron chi connectivity index (χ2n) is 19.8. The molecule has 11 aromatic carbocycles. The highest BCUT2D eigenvalue weighted by Gasteiger charge is 2.23. The minimum absolute atomic E-state index is 0.545. The first kappa shape index (κ1) is 42.2. The fraction of sp³-hybridized carbons (Fsp3) is 0. The Hall–Kier alpha value is -10.2. The molecule has 0 radical (unpaired) electrons. The van der Waals surface area contributed by atoms with Gasteiger partial charge in [0.15, 0.2) is 17.5 Å². The molecule has 0 aliphatic carbocycles. The summed E-state index contributed by atoms with van der Waals surface area (Å²) in [5.74, 6) is 1.68. The minimum atomic E-state index is 0.545. The van der Waals surface area contributed by atoms with E-state index in [2.05, 4.69) is 199 Å². The topological polar surface area (TPSA) is 83.0 Å². The molecular formula is C69H38N4O3S. The maximum absolute atomic E-state index is 6.70. The lowest BCUT2D eigenvalue weighted by Crippen LogP contribution is -2.00. The standard InChI is InChI=1S/C69H38N4O3S/c1-2-13-43(14-3-1)73-54-21-7-4-15-45(54)51-35-39(28-32-55(51)73)40-29-33-57-52(36-40)64-44(18-10-23-59(64)74-57)41-30-34-58-53(37-41)65-49(19-11-24-60(65)75-58)68-70-67(42-27-31-47-46-16-5-8-22-56(46)76-61(47)38-42)71-69(72-68)50-20-12-26-63-66(50)48-17-6-9-25-62(48)77-63/h1-38H. The molecular weight excluding hydrogens is 965 g/mol. The van der Waals surface area contributed by atoms with Gasteiger partial charge in [-0.1, -0.05) is 133 Å². The van der Waals surface area contributed by atoms with Crippen LogP contribution < -0.4 is 0 Å². The molecule has 17 aromatic rings. The van der Waals surface area contributed by atoms with E-state index in [-0.39, 0.29) is 0 Å². The predicted octanol–water partition coefficient (Wildman–Crippen LogP) is 19.4. The van der Waals surface area contributed by atoms with Crippen molar-refractivity contribution < 1.29 is 13.3 Å². The number of fused-ring (bicyclic) bond motifs is 15. The molecule has 0 unspecified atom stereocenters. The Balaban J connectivity index is 0.833. The van der Waals surface area contributed by atoms with Crippen LogP contribution in [0.1, 0.15) is 0 Å². The number of aromatic nitrogens is 4. The van der Waals surface area contributed by atoms with Crippen LogP contribution in [0.5, 0.6) is 0 Å². The van der Waals surface area contributed by atoms with Gasteiger partial charge in [-0.15, -0.1) is 11.3 Å². The molecule has 0 atom stereocenters. The summed E-state index contributed by atoms with van der Waals surface area (Å²) in [4.78, 5) is 16.0. The Morgan fingerprint density at radius 2 is 0.805 bits per heavy atom. The zero-order chi connectivity index (χ0) is 50.3. The number of hydrogen-bond acceptors (Lipinski definition) is 7. The molecule has 8 heteroatoms. The summed E-state index contributed by atoms with van der Waals surface area (Å²) in [7, 11) is 0. The summed E-state index contributed by atoms with van der Waals surface area (Å²) in [5, 5.41) is 10.8. The van der Waals surface area contributed by atoms with Crippen LogP contribution in [-0.2, 0) is 0 Å². The molecule has 0 aliphatic heterocycles. The van der Waals surface area contributed by atoms with Gasteiger partial charge < -0.3 is 17.8 Å². The quantitative estimate of drug-likeness (QED) is 0.165. The van der Waals surface area contributed by atoms with Crippen molar-refractivity contribution >= 4 is 119 Å². The van der Waals surface area contributed by atoms with Gasteiger partial charge in [0.2, 0.25) is 0 Å². The molecule has 0 saturated heterocycles. The van der Waals surface area contributed by atoms with E-state index in [4.69, 9.17) is 28.2 Å². The Kier molecular flexibility index (Phi) is 8.87. The third kappa shape index (κ3) is 6.40. The maximum atomic E-state index is 6.70. The zero-order valence-corrected chi connectivity index (χ0v) is 41.7. The second kappa shape index (κ2) is 16.2. The summed E-state index contributed by atoms with van der Waals surface area (Å²) in [6.45, 7) is 0. The van der Waals surface area contributed by atoms with Gasteiger partial charge in [0.05, 0.1) is 11.0 Å². The van der Waals surface area contributed by atoms with Crippen molar-refractivity contribution in [2.45, 2.75) is 0 Å². The lowest BCUT2D eigenvalue weighted by Gasteiger charge is -2.10. The Morgan fingerprint density at radius 1 is 0.286 bits per heavy atom. The molecule has 0 amide bonds. The first-order valence-electron chi connectivity index (χ1n) is 25.7. The number of thiophene rings is 1. The number of rotatable bonds is 6. The molecule has 7 nitrogen and oxygen atoms in total. The van der Waals surface area contributed by atoms with Gasteiger partial charge >= 0.3 is 0 Å². The summed E-state index contributed by atoms with van der Waals surface area (Å²) < 4.78 is 24.5. The van der Waals surface area contributed by atoms with Gasteiger partial charge in [-0.05, 0) is 119 Å². The van der Waals surface area contributed by atoms with E-state index in [1.54, 1.807) is 11.3 Å². The second-order valence-corrected chi connectivity index (χ2v) is 20.9. The third-order valence-corrected chi connectivity index (χ3v) is 16.6. The molecule has 17 rings (SSSR count). The minimum Gasteiger partial charge on any atom is -0.456 e. The summed E-state index contributed by atoms with van der Waals surface area (Å²) in [5.41, 5.74) is 15.3. The number of nitrogens with zero attached hydrogens (tertiary/aromatic N) is 4. The zero-order valence-electron chi connectivity index (χ0n) is 40.9. The van der Waals surface area contributed by atoms with Crippen LogP contribution in [0.3, 0.4) is 0 Å². The van der Waals surface area contributed by atoms with E-state index in [0.717, 1.165) is 116 Å². The van der Waals surface area contributed by atoms with Crippen LogP contribution in [0.15, 0.2) is 244 Å². The van der Waals surface area contributed by atoms with Gasteiger partial charge in [0, 0.05) is 85.6 Å². The Morgan fingerprint density at radius 3 is 1.61 bits per heavy atom. The Bertz CT molecular complexity index is 5310. The molecule has 0 saturated carbocycles. The summed E-state index contributed by atoms with van der Waals surface area (Å²) in [6, 6.07) is 80.9. The van der Waals surface area contributed by atoms with Crippen molar-refractivity contribution in [3.05, 3.63) is 231 Å². The number of para-hydroxylation sites is 3. The molecule has 6 aromatic heterocycles. The normalized spacial score (nSPS) is 12.2. The van der Waals surface area contributed by atoms with Crippen molar-refractivity contribution in [3.8, 4) is 62.1 Å². The smallest absolute Gasteiger partial charge is 0.164 e. The largest absolute Gasteiger partial charge is 0.456 e. The van der Waals surface area contributed by atoms with Crippen LogP contribution in [0.4, 0.5) is 0 Å². The van der Waals surface area contributed by atoms with Crippen molar-refractivity contribution in [1.82, 2.24) is 19.5 Å².